The molecule has 0 aliphatic carbocycles. The summed E-state index contributed by atoms with van der Waals surface area (Å²) in [5.41, 5.74) is 0.517. The lowest BCUT2D eigenvalue weighted by molar-refractivity contribution is -0.121. The molecule has 0 spiro atoms. The minimum atomic E-state index is -0.181. The van der Waals surface area contributed by atoms with Crippen molar-refractivity contribution in [1.82, 2.24) is 16.0 Å². The number of benzene rings is 1. The van der Waals surface area contributed by atoms with Crippen LogP contribution in [0.1, 0.15) is 30.1 Å². The number of para-hydroxylation sites is 1. The van der Waals surface area contributed by atoms with E-state index in [1.165, 1.54) is 0 Å². The molecule has 0 bridgehead atoms. The van der Waals surface area contributed by atoms with E-state index < -0.39 is 0 Å². The van der Waals surface area contributed by atoms with Crippen molar-refractivity contribution in [2.45, 2.75) is 19.8 Å². The molecular weight excluding hydrogens is 318 g/mol. The summed E-state index contributed by atoms with van der Waals surface area (Å²) in [4.78, 5) is 23.6. The summed E-state index contributed by atoms with van der Waals surface area (Å²) < 4.78 is 5.43. The van der Waals surface area contributed by atoms with Crippen LogP contribution in [0.15, 0.2) is 24.3 Å². The minimum Gasteiger partial charge on any atom is -0.493 e. The number of likely N-dealkylation sites (N-methyl/N-ethyl adjacent to an activating group) is 1. The third-order valence-corrected chi connectivity index (χ3v) is 2.99. The average Bonchev–Trinajstić information content (AvgIpc) is 2.52. The standard InChI is InChI=1S/C16H25N3O3.ClH/c1-3-22-14-8-5-4-7-13(14)16(21)19-10-6-9-15(20)18-12-11-17-2;/h4-5,7-8,17H,3,6,9-12H2,1-2H3,(H,18,20)(H,19,21);1H. The van der Waals surface area contributed by atoms with Crippen molar-refractivity contribution >= 4 is 24.2 Å². The predicted molar refractivity (Wildman–Crippen MR) is 93.4 cm³/mol. The highest BCUT2D eigenvalue weighted by molar-refractivity contribution is 5.96. The van der Waals surface area contributed by atoms with Crippen LogP contribution in [0.5, 0.6) is 5.75 Å². The summed E-state index contributed by atoms with van der Waals surface area (Å²) in [6, 6.07) is 7.13. The second kappa shape index (κ2) is 12.7. The topological polar surface area (TPSA) is 79.5 Å². The van der Waals surface area contributed by atoms with E-state index in [0.29, 0.717) is 43.9 Å². The van der Waals surface area contributed by atoms with Gasteiger partial charge in [0.1, 0.15) is 5.75 Å². The Bertz CT molecular complexity index is 483. The molecule has 0 aliphatic rings. The molecule has 3 N–H and O–H groups in total. The van der Waals surface area contributed by atoms with Gasteiger partial charge >= 0.3 is 0 Å². The van der Waals surface area contributed by atoms with Gasteiger partial charge in [0.15, 0.2) is 0 Å². The van der Waals surface area contributed by atoms with Crippen molar-refractivity contribution in [3.63, 3.8) is 0 Å². The van der Waals surface area contributed by atoms with Crippen LogP contribution in [0.25, 0.3) is 0 Å². The number of carbonyl (C=O) groups excluding carboxylic acids is 2. The lowest BCUT2D eigenvalue weighted by Gasteiger charge is -2.10. The summed E-state index contributed by atoms with van der Waals surface area (Å²) >= 11 is 0. The van der Waals surface area contributed by atoms with Gasteiger partial charge in [0, 0.05) is 26.1 Å². The summed E-state index contributed by atoms with van der Waals surface area (Å²) in [6.45, 7) is 4.21. The molecule has 1 aromatic carbocycles. The van der Waals surface area contributed by atoms with Gasteiger partial charge in [-0.15, -0.1) is 12.4 Å². The smallest absolute Gasteiger partial charge is 0.255 e. The minimum absolute atomic E-state index is 0. The van der Waals surface area contributed by atoms with E-state index in [1.54, 1.807) is 18.2 Å². The lowest BCUT2D eigenvalue weighted by Crippen LogP contribution is -2.31. The molecule has 7 heteroatoms. The van der Waals surface area contributed by atoms with Crippen molar-refractivity contribution in [2.75, 3.05) is 33.3 Å². The second-order valence-electron chi connectivity index (χ2n) is 4.74. The number of hydrogen-bond donors (Lipinski definition) is 3. The Morgan fingerprint density at radius 3 is 2.52 bits per heavy atom. The Labute approximate surface area is 143 Å². The van der Waals surface area contributed by atoms with Crippen molar-refractivity contribution in [1.29, 1.82) is 0 Å². The van der Waals surface area contributed by atoms with Crippen LogP contribution in [0.3, 0.4) is 0 Å². The molecule has 0 atom stereocenters. The molecule has 23 heavy (non-hydrogen) atoms. The number of rotatable bonds is 10. The zero-order valence-electron chi connectivity index (χ0n) is 13.7. The molecule has 2 amide bonds. The maximum Gasteiger partial charge on any atom is 0.255 e. The van der Waals surface area contributed by atoms with E-state index in [0.717, 1.165) is 6.54 Å². The average molecular weight is 344 g/mol. The Hall–Kier alpha value is -1.79. The Morgan fingerprint density at radius 2 is 1.83 bits per heavy atom. The molecule has 0 aromatic heterocycles. The summed E-state index contributed by atoms with van der Waals surface area (Å²) in [6.07, 6.45) is 1.00. The van der Waals surface area contributed by atoms with Crippen LogP contribution in [-0.4, -0.2) is 45.1 Å². The molecule has 0 unspecified atom stereocenters. The molecule has 1 rings (SSSR count). The Balaban J connectivity index is 0.00000484. The van der Waals surface area contributed by atoms with E-state index in [1.807, 2.05) is 20.0 Å². The number of ether oxygens (including phenoxy) is 1. The number of amides is 2. The van der Waals surface area contributed by atoms with E-state index in [-0.39, 0.29) is 24.2 Å². The summed E-state index contributed by atoms with van der Waals surface area (Å²) in [5, 5.41) is 8.56. The van der Waals surface area contributed by atoms with Crippen molar-refractivity contribution < 1.29 is 14.3 Å². The fourth-order valence-electron chi connectivity index (χ4n) is 1.90. The molecule has 0 radical (unpaired) electrons. The van der Waals surface area contributed by atoms with Gasteiger partial charge < -0.3 is 20.7 Å². The predicted octanol–water partition coefficient (Wildman–Crippen LogP) is 1.35. The third kappa shape index (κ3) is 8.42. The van der Waals surface area contributed by atoms with Gasteiger partial charge in [0.05, 0.1) is 12.2 Å². The van der Waals surface area contributed by atoms with Gasteiger partial charge in [-0.25, -0.2) is 0 Å². The fraction of sp³-hybridized carbons (Fsp3) is 0.500. The monoisotopic (exact) mass is 343 g/mol. The van der Waals surface area contributed by atoms with Gasteiger partial charge in [0.25, 0.3) is 5.91 Å². The molecule has 0 aliphatic heterocycles. The lowest BCUT2D eigenvalue weighted by atomic mass is 10.2. The van der Waals surface area contributed by atoms with Crippen molar-refractivity contribution in [3.05, 3.63) is 29.8 Å². The fourth-order valence-corrected chi connectivity index (χ4v) is 1.90. The van der Waals surface area contributed by atoms with Crippen LogP contribution in [-0.2, 0) is 4.79 Å². The maximum absolute atomic E-state index is 12.1. The van der Waals surface area contributed by atoms with Gasteiger partial charge in [0.2, 0.25) is 5.91 Å². The highest BCUT2D eigenvalue weighted by Crippen LogP contribution is 2.17. The molecule has 130 valence electrons. The number of nitrogens with one attached hydrogen (secondary N) is 3. The summed E-state index contributed by atoms with van der Waals surface area (Å²) in [5.74, 6) is 0.395. The first-order valence-corrected chi connectivity index (χ1v) is 7.60. The van der Waals surface area contributed by atoms with Gasteiger partial charge in [-0.3, -0.25) is 9.59 Å². The summed E-state index contributed by atoms with van der Waals surface area (Å²) in [7, 11) is 1.84. The van der Waals surface area contributed by atoms with Gasteiger partial charge in [-0.2, -0.15) is 0 Å². The number of hydrogen-bond acceptors (Lipinski definition) is 4. The van der Waals surface area contributed by atoms with Gasteiger partial charge in [-0.05, 0) is 32.5 Å². The van der Waals surface area contributed by atoms with E-state index in [4.69, 9.17) is 4.74 Å². The molecule has 0 saturated carbocycles. The van der Waals surface area contributed by atoms with E-state index in [9.17, 15) is 9.59 Å². The van der Waals surface area contributed by atoms with Crippen molar-refractivity contribution in [3.8, 4) is 5.75 Å². The first-order chi connectivity index (χ1) is 10.7. The van der Waals surface area contributed by atoms with Crippen LogP contribution in [0, 0.1) is 0 Å². The molecule has 0 heterocycles. The van der Waals surface area contributed by atoms with Crippen LogP contribution in [0.2, 0.25) is 0 Å². The molecule has 1 aromatic rings. The molecule has 0 fully saturated rings. The third-order valence-electron chi connectivity index (χ3n) is 2.99. The van der Waals surface area contributed by atoms with Crippen molar-refractivity contribution in [2.24, 2.45) is 0 Å². The Kier molecular flexibility index (Phi) is 11.7. The molecule has 0 saturated heterocycles. The first kappa shape index (κ1) is 21.2. The Morgan fingerprint density at radius 1 is 1.09 bits per heavy atom. The largest absolute Gasteiger partial charge is 0.493 e. The number of halogens is 1. The van der Waals surface area contributed by atoms with E-state index >= 15 is 0 Å². The SMILES string of the molecule is CCOc1ccccc1C(=O)NCCCC(=O)NCCNC.Cl. The van der Waals surface area contributed by atoms with Crippen LogP contribution >= 0.6 is 12.4 Å². The normalized spacial score (nSPS) is 9.65. The zero-order chi connectivity index (χ0) is 16.2. The first-order valence-electron chi connectivity index (χ1n) is 7.60. The highest BCUT2D eigenvalue weighted by atomic mass is 35.5. The van der Waals surface area contributed by atoms with Crippen LogP contribution in [0.4, 0.5) is 0 Å². The molecular formula is C16H26ClN3O3. The quantitative estimate of drug-likeness (QED) is 0.560. The second-order valence-corrected chi connectivity index (χ2v) is 4.74. The van der Waals surface area contributed by atoms with E-state index in [2.05, 4.69) is 16.0 Å². The maximum atomic E-state index is 12.1. The number of carbonyl (C=O) groups is 2. The van der Waals surface area contributed by atoms with Gasteiger partial charge in [-0.1, -0.05) is 12.1 Å². The highest BCUT2D eigenvalue weighted by Gasteiger charge is 2.11. The zero-order valence-corrected chi connectivity index (χ0v) is 14.5. The molecule has 6 nitrogen and oxygen atoms in total. The van der Waals surface area contributed by atoms with Crippen LogP contribution < -0.4 is 20.7 Å².